The van der Waals surface area contributed by atoms with Gasteiger partial charge in [-0.2, -0.15) is 0 Å². The number of hydrogen-bond donors (Lipinski definition) is 1. The zero-order chi connectivity index (χ0) is 22.5. The highest BCUT2D eigenvalue weighted by Gasteiger charge is 2.25. The molecule has 2 amide bonds. The second-order valence-electron chi connectivity index (χ2n) is 8.28. The van der Waals surface area contributed by atoms with Gasteiger partial charge in [0, 0.05) is 37.8 Å². The third-order valence-electron chi connectivity index (χ3n) is 4.51. The van der Waals surface area contributed by atoms with Crippen LogP contribution in [0.25, 0.3) is 0 Å². The van der Waals surface area contributed by atoms with Gasteiger partial charge in [-0.3, -0.25) is 19.7 Å². The zero-order valence-electron chi connectivity index (χ0n) is 17.8. The van der Waals surface area contributed by atoms with Gasteiger partial charge in [-0.1, -0.05) is 0 Å². The van der Waals surface area contributed by atoms with Crippen molar-refractivity contribution in [3.8, 4) is 0 Å². The third kappa shape index (κ3) is 6.43. The number of ether oxygens (including phenoxy) is 1. The van der Waals surface area contributed by atoms with E-state index in [1.54, 1.807) is 0 Å². The van der Waals surface area contributed by atoms with Crippen molar-refractivity contribution in [3.63, 3.8) is 0 Å². The third-order valence-corrected chi connectivity index (χ3v) is 4.51. The van der Waals surface area contributed by atoms with Crippen LogP contribution in [0.3, 0.4) is 0 Å². The van der Waals surface area contributed by atoms with E-state index in [1.165, 1.54) is 25.2 Å². The predicted molar refractivity (Wildman–Crippen MR) is 110 cm³/mol. The Hall–Kier alpha value is -3.17. The molecule has 0 atom stereocenters. The maximum absolute atomic E-state index is 12.6. The number of anilines is 1. The van der Waals surface area contributed by atoms with Gasteiger partial charge in [0.1, 0.15) is 0 Å². The lowest BCUT2D eigenvalue weighted by atomic mass is 10.1. The van der Waals surface area contributed by atoms with Crippen LogP contribution in [0.2, 0.25) is 0 Å². The number of rotatable bonds is 7. The van der Waals surface area contributed by atoms with E-state index in [2.05, 4.69) is 5.32 Å². The summed E-state index contributed by atoms with van der Waals surface area (Å²) in [6.45, 7) is 6.21. The van der Waals surface area contributed by atoms with E-state index >= 15 is 0 Å². The summed E-state index contributed by atoms with van der Waals surface area (Å²) in [6.07, 6.45) is 1.93. The lowest BCUT2D eigenvalue weighted by molar-refractivity contribution is -0.384. The smallest absolute Gasteiger partial charge is 0.341 e. The van der Waals surface area contributed by atoms with Crippen molar-refractivity contribution in [1.82, 2.24) is 10.2 Å². The summed E-state index contributed by atoms with van der Waals surface area (Å²) < 4.78 is 5.12. The standard InChI is InChI=1S/C20H28N4O6/c1-20(2,3)21-17(25)12-22(4)18(26)13-30-19(27)15-11-14(24(28)29)7-8-16(15)23-9-5-6-10-23/h7-8,11H,5-6,9-10,12-13H2,1-4H3,(H,21,25). The molecular formula is C20H28N4O6. The molecule has 0 aliphatic carbocycles. The first kappa shape index (κ1) is 23.1. The normalized spacial score (nSPS) is 13.7. The van der Waals surface area contributed by atoms with Crippen LogP contribution in [-0.4, -0.2) is 66.4 Å². The minimum absolute atomic E-state index is 0.0482. The molecule has 1 aromatic rings. The van der Waals surface area contributed by atoms with Gasteiger partial charge in [0.05, 0.1) is 22.7 Å². The van der Waals surface area contributed by atoms with Gasteiger partial charge >= 0.3 is 5.97 Å². The number of likely N-dealkylation sites (N-methyl/N-ethyl adjacent to an activating group) is 1. The van der Waals surface area contributed by atoms with Crippen LogP contribution in [0.4, 0.5) is 11.4 Å². The molecule has 1 heterocycles. The Labute approximate surface area is 175 Å². The van der Waals surface area contributed by atoms with E-state index < -0.39 is 28.9 Å². The Kier molecular flexibility index (Phi) is 7.36. The van der Waals surface area contributed by atoms with Crippen molar-refractivity contribution in [3.05, 3.63) is 33.9 Å². The number of nitrogens with one attached hydrogen (secondary N) is 1. The number of hydrogen-bond acceptors (Lipinski definition) is 7. The molecule has 164 valence electrons. The van der Waals surface area contributed by atoms with Crippen molar-refractivity contribution < 1.29 is 24.0 Å². The van der Waals surface area contributed by atoms with Gasteiger partial charge in [-0.15, -0.1) is 0 Å². The highest BCUT2D eigenvalue weighted by molar-refractivity contribution is 5.98. The van der Waals surface area contributed by atoms with E-state index in [-0.39, 0.29) is 23.7 Å². The molecule has 0 radical (unpaired) electrons. The summed E-state index contributed by atoms with van der Waals surface area (Å²) in [4.78, 5) is 50.4. The van der Waals surface area contributed by atoms with Crippen LogP contribution < -0.4 is 10.2 Å². The van der Waals surface area contributed by atoms with E-state index in [0.717, 1.165) is 30.8 Å². The van der Waals surface area contributed by atoms with Crippen LogP contribution in [0.1, 0.15) is 44.0 Å². The lowest BCUT2D eigenvalue weighted by Gasteiger charge is -2.23. The summed E-state index contributed by atoms with van der Waals surface area (Å²) in [5.74, 6) is -1.71. The van der Waals surface area contributed by atoms with E-state index in [9.17, 15) is 24.5 Å². The molecule has 1 N–H and O–H groups in total. The molecule has 0 aromatic heterocycles. The second-order valence-corrected chi connectivity index (χ2v) is 8.28. The lowest BCUT2D eigenvalue weighted by Crippen LogP contribution is -2.46. The van der Waals surface area contributed by atoms with E-state index in [1.807, 2.05) is 25.7 Å². The maximum atomic E-state index is 12.6. The molecule has 1 aromatic carbocycles. The van der Waals surface area contributed by atoms with Crippen LogP contribution in [0, 0.1) is 10.1 Å². The predicted octanol–water partition coefficient (Wildman–Crippen LogP) is 1.72. The van der Waals surface area contributed by atoms with Gasteiger partial charge < -0.3 is 19.9 Å². The zero-order valence-corrected chi connectivity index (χ0v) is 17.8. The Morgan fingerprint density at radius 2 is 1.87 bits per heavy atom. The topological polar surface area (TPSA) is 122 Å². The molecule has 1 fully saturated rings. The van der Waals surface area contributed by atoms with E-state index in [4.69, 9.17) is 4.74 Å². The number of amides is 2. The molecule has 10 heteroatoms. The summed E-state index contributed by atoms with van der Waals surface area (Å²) in [6, 6.07) is 4.04. The molecule has 0 spiro atoms. The van der Waals surface area contributed by atoms with Crippen molar-refractivity contribution in [2.45, 2.75) is 39.2 Å². The number of non-ortho nitro benzene ring substituents is 1. The minimum atomic E-state index is -0.818. The Balaban J connectivity index is 2.04. The number of carbonyl (C=O) groups is 3. The maximum Gasteiger partial charge on any atom is 0.341 e. The molecule has 30 heavy (non-hydrogen) atoms. The number of nitrogens with zero attached hydrogens (tertiary/aromatic N) is 3. The van der Waals surface area contributed by atoms with Crippen LogP contribution >= 0.6 is 0 Å². The van der Waals surface area contributed by atoms with Crippen LogP contribution in [-0.2, 0) is 14.3 Å². The number of esters is 1. The van der Waals surface area contributed by atoms with Crippen molar-refractivity contribution >= 4 is 29.2 Å². The van der Waals surface area contributed by atoms with Crippen LogP contribution in [0.15, 0.2) is 18.2 Å². The summed E-state index contributed by atoms with van der Waals surface area (Å²) in [7, 11) is 1.43. The molecule has 1 aliphatic rings. The number of benzene rings is 1. The monoisotopic (exact) mass is 420 g/mol. The molecule has 10 nitrogen and oxygen atoms in total. The highest BCUT2D eigenvalue weighted by Crippen LogP contribution is 2.29. The molecule has 0 bridgehead atoms. The highest BCUT2D eigenvalue weighted by atomic mass is 16.6. The van der Waals surface area contributed by atoms with Gasteiger partial charge in [-0.05, 0) is 39.7 Å². The number of nitro benzene ring substituents is 1. The molecular weight excluding hydrogens is 392 g/mol. The molecule has 0 unspecified atom stereocenters. The first-order valence-corrected chi connectivity index (χ1v) is 9.73. The van der Waals surface area contributed by atoms with Crippen molar-refractivity contribution in [2.75, 3.05) is 38.2 Å². The SMILES string of the molecule is CN(CC(=O)NC(C)(C)C)C(=O)COC(=O)c1cc([N+](=O)[O-])ccc1N1CCCC1. The minimum Gasteiger partial charge on any atom is -0.452 e. The fourth-order valence-corrected chi connectivity index (χ4v) is 3.11. The Morgan fingerprint density at radius 1 is 1.23 bits per heavy atom. The Morgan fingerprint density at radius 3 is 2.43 bits per heavy atom. The van der Waals surface area contributed by atoms with Gasteiger partial charge in [0.25, 0.3) is 11.6 Å². The Bertz CT molecular complexity index is 827. The van der Waals surface area contributed by atoms with Crippen molar-refractivity contribution in [2.24, 2.45) is 0 Å². The number of nitro groups is 1. The molecule has 1 saturated heterocycles. The summed E-state index contributed by atoms with van der Waals surface area (Å²) in [5, 5.41) is 13.8. The van der Waals surface area contributed by atoms with Gasteiger partial charge in [-0.25, -0.2) is 4.79 Å². The average Bonchev–Trinajstić information content (AvgIpc) is 3.18. The fourth-order valence-electron chi connectivity index (χ4n) is 3.11. The van der Waals surface area contributed by atoms with Crippen LogP contribution in [0.5, 0.6) is 0 Å². The van der Waals surface area contributed by atoms with Gasteiger partial charge in [0.15, 0.2) is 6.61 Å². The fraction of sp³-hybridized carbons (Fsp3) is 0.550. The number of carbonyl (C=O) groups excluding carboxylic acids is 3. The largest absolute Gasteiger partial charge is 0.452 e. The second kappa shape index (κ2) is 9.55. The van der Waals surface area contributed by atoms with E-state index in [0.29, 0.717) is 5.69 Å². The molecule has 1 aliphatic heterocycles. The summed E-state index contributed by atoms with van der Waals surface area (Å²) >= 11 is 0. The molecule has 0 saturated carbocycles. The first-order valence-electron chi connectivity index (χ1n) is 9.73. The summed E-state index contributed by atoms with van der Waals surface area (Å²) in [5.41, 5.74) is -0.0609. The average molecular weight is 420 g/mol. The van der Waals surface area contributed by atoms with Crippen molar-refractivity contribution in [1.29, 1.82) is 0 Å². The van der Waals surface area contributed by atoms with Gasteiger partial charge in [0.2, 0.25) is 5.91 Å². The quantitative estimate of drug-likeness (QED) is 0.405. The molecule has 2 rings (SSSR count). The first-order chi connectivity index (χ1) is 14.0.